The fraction of sp³-hybridized carbons (Fsp3) is 0.706. The molecule has 1 aromatic rings. The average molecular weight is 333 g/mol. The second-order valence-electron chi connectivity index (χ2n) is 6.64. The van der Waals surface area contributed by atoms with Gasteiger partial charge in [0, 0.05) is 31.9 Å². The van der Waals surface area contributed by atoms with Crippen LogP contribution >= 0.6 is 0 Å². The van der Waals surface area contributed by atoms with Crippen LogP contribution in [0.5, 0.6) is 0 Å². The summed E-state index contributed by atoms with van der Waals surface area (Å²) >= 11 is 0. The molecule has 2 fully saturated rings. The molecular formula is C17H27N5O2. The number of aromatic nitrogens is 2. The van der Waals surface area contributed by atoms with Crippen molar-refractivity contribution < 1.29 is 9.90 Å². The summed E-state index contributed by atoms with van der Waals surface area (Å²) in [7, 11) is 0. The Morgan fingerprint density at radius 2 is 2.08 bits per heavy atom. The molecule has 3 rings (SSSR count). The Hall–Kier alpha value is -1.89. The van der Waals surface area contributed by atoms with Gasteiger partial charge < -0.3 is 20.2 Å². The Labute approximate surface area is 143 Å². The van der Waals surface area contributed by atoms with E-state index in [2.05, 4.69) is 15.2 Å². The minimum absolute atomic E-state index is 0.0597. The van der Waals surface area contributed by atoms with Gasteiger partial charge in [0.15, 0.2) is 0 Å². The number of hydrogen-bond donors (Lipinski definition) is 2. The first-order chi connectivity index (χ1) is 11.7. The van der Waals surface area contributed by atoms with E-state index in [-0.39, 0.29) is 12.6 Å². The van der Waals surface area contributed by atoms with E-state index in [9.17, 15) is 9.90 Å². The van der Waals surface area contributed by atoms with Crippen molar-refractivity contribution in [2.24, 2.45) is 0 Å². The van der Waals surface area contributed by atoms with Crippen molar-refractivity contribution in [3.05, 3.63) is 12.3 Å². The highest BCUT2D eigenvalue weighted by molar-refractivity contribution is 5.73. The lowest BCUT2D eigenvalue weighted by Crippen LogP contribution is -2.48. The van der Waals surface area contributed by atoms with Crippen LogP contribution in [0.3, 0.4) is 0 Å². The fourth-order valence-corrected chi connectivity index (χ4v) is 3.56. The van der Waals surface area contributed by atoms with E-state index in [1.807, 2.05) is 11.0 Å². The topological polar surface area (TPSA) is 81.6 Å². The lowest BCUT2D eigenvalue weighted by Gasteiger charge is -2.34. The van der Waals surface area contributed by atoms with Crippen molar-refractivity contribution in [3.63, 3.8) is 0 Å². The summed E-state index contributed by atoms with van der Waals surface area (Å²) in [5.41, 5.74) is 0. The maximum Gasteiger partial charge on any atom is 0.323 e. The van der Waals surface area contributed by atoms with Crippen LogP contribution in [0, 0.1) is 0 Å². The number of nitrogens with one attached hydrogen (secondary N) is 1. The van der Waals surface area contributed by atoms with Gasteiger partial charge in [0.2, 0.25) is 5.95 Å². The Balaban J connectivity index is 1.81. The summed E-state index contributed by atoms with van der Waals surface area (Å²) in [6.07, 6.45) is 8.69. The molecule has 1 aromatic heterocycles. The van der Waals surface area contributed by atoms with E-state index >= 15 is 0 Å². The molecule has 2 saturated heterocycles. The third-order valence-corrected chi connectivity index (χ3v) is 4.83. The molecule has 0 aliphatic carbocycles. The SMILES string of the molecule is O=C(O)CN(c1nccc(N2CCCCCC2)n1)C1CCCNC1. The number of rotatable bonds is 5. The van der Waals surface area contributed by atoms with E-state index in [4.69, 9.17) is 4.98 Å². The van der Waals surface area contributed by atoms with Gasteiger partial charge in [-0.1, -0.05) is 12.8 Å². The first-order valence-corrected chi connectivity index (χ1v) is 9.01. The number of carboxylic acids is 1. The van der Waals surface area contributed by atoms with E-state index in [1.54, 1.807) is 6.20 Å². The van der Waals surface area contributed by atoms with Gasteiger partial charge in [-0.05, 0) is 38.3 Å². The number of carboxylic acid groups (broad SMARTS) is 1. The Bertz CT molecular complexity index is 540. The van der Waals surface area contributed by atoms with Gasteiger partial charge in [0.25, 0.3) is 0 Å². The van der Waals surface area contributed by atoms with E-state index in [0.717, 1.165) is 44.8 Å². The Morgan fingerprint density at radius 3 is 2.75 bits per heavy atom. The monoisotopic (exact) mass is 333 g/mol. The zero-order valence-electron chi connectivity index (χ0n) is 14.2. The summed E-state index contributed by atoms with van der Waals surface area (Å²) in [6, 6.07) is 2.07. The second kappa shape index (κ2) is 8.28. The summed E-state index contributed by atoms with van der Waals surface area (Å²) in [5.74, 6) is 0.609. The number of anilines is 2. The molecule has 7 nitrogen and oxygen atoms in total. The molecule has 1 atom stereocenters. The lowest BCUT2D eigenvalue weighted by atomic mass is 10.1. The molecule has 24 heavy (non-hydrogen) atoms. The van der Waals surface area contributed by atoms with Gasteiger partial charge in [-0.25, -0.2) is 4.98 Å². The van der Waals surface area contributed by atoms with Crippen molar-refractivity contribution in [2.75, 3.05) is 42.5 Å². The van der Waals surface area contributed by atoms with Crippen LogP contribution in [0.15, 0.2) is 12.3 Å². The van der Waals surface area contributed by atoms with Gasteiger partial charge >= 0.3 is 5.97 Å². The molecule has 0 saturated carbocycles. The van der Waals surface area contributed by atoms with E-state index < -0.39 is 5.97 Å². The molecule has 0 aromatic carbocycles. The zero-order valence-corrected chi connectivity index (χ0v) is 14.2. The first kappa shape index (κ1) is 17.0. The predicted octanol–water partition coefficient (Wildman–Crippen LogP) is 1.50. The van der Waals surface area contributed by atoms with E-state index in [0.29, 0.717) is 5.95 Å². The number of nitrogens with zero attached hydrogens (tertiary/aromatic N) is 4. The number of carbonyl (C=O) groups is 1. The normalized spacial score (nSPS) is 22.0. The summed E-state index contributed by atoms with van der Waals surface area (Å²) in [6.45, 7) is 3.74. The van der Waals surface area contributed by atoms with Crippen molar-refractivity contribution in [1.29, 1.82) is 0 Å². The summed E-state index contributed by atoms with van der Waals surface area (Å²) < 4.78 is 0. The van der Waals surface area contributed by atoms with Crippen LogP contribution in [0.25, 0.3) is 0 Å². The van der Waals surface area contributed by atoms with Gasteiger partial charge in [-0.15, -0.1) is 0 Å². The standard InChI is InChI=1S/C17H27N5O2/c23-16(24)13-22(14-6-5-8-18-12-14)17-19-9-7-15(20-17)21-10-3-1-2-4-11-21/h7,9,14,18H,1-6,8,10-13H2,(H,23,24). The van der Waals surface area contributed by atoms with Crippen LogP contribution in [-0.4, -0.2) is 59.8 Å². The van der Waals surface area contributed by atoms with Gasteiger partial charge in [0.1, 0.15) is 12.4 Å². The van der Waals surface area contributed by atoms with Crippen LogP contribution in [-0.2, 0) is 4.79 Å². The van der Waals surface area contributed by atoms with E-state index in [1.165, 1.54) is 25.7 Å². The highest BCUT2D eigenvalue weighted by atomic mass is 16.4. The van der Waals surface area contributed by atoms with Gasteiger partial charge in [-0.3, -0.25) is 4.79 Å². The molecule has 0 amide bonds. The van der Waals surface area contributed by atoms with Gasteiger partial charge in [0.05, 0.1) is 0 Å². The third-order valence-electron chi connectivity index (χ3n) is 4.83. The molecule has 0 bridgehead atoms. The molecule has 1 unspecified atom stereocenters. The van der Waals surface area contributed by atoms with Gasteiger partial charge in [-0.2, -0.15) is 4.98 Å². The Morgan fingerprint density at radius 1 is 1.29 bits per heavy atom. The van der Waals surface area contributed by atoms with Crippen molar-refractivity contribution in [2.45, 2.75) is 44.6 Å². The fourth-order valence-electron chi connectivity index (χ4n) is 3.56. The maximum absolute atomic E-state index is 11.3. The molecule has 0 spiro atoms. The molecule has 2 aliphatic heterocycles. The second-order valence-corrected chi connectivity index (χ2v) is 6.64. The summed E-state index contributed by atoms with van der Waals surface area (Å²) in [5, 5.41) is 12.6. The zero-order chi connectivity index (χ0) is 16.8. The molecule has 7 heteroatoms. The number of hydrogen-bond acceptors (Lipinski definition) is 6. The highest BCUT2D eigenvalue weighted by Gasteiger charge is 2.25. The molecule has 2 aliphatic rings. The van der Waals surface area contributed by atoms with Crippen LogP contribution in [0.2, 0.25) is 0 Å². The summed E-state index contributed by atoms with van der Waals surface area (Å²) in [4.78, 5) is 24.6. The minimum Gasteiger partial charge on any atom is -0.480 e. The highest BCUT2D eigenvalue weighted by Crippen LogP contribution is 2.22. The van der Waals surface area contributed by atoms with Crippen molar-refractivity contribution in [3.8, 4) is 0 Å². The smallest absolute Gasteiger partial charge is 0.323 e. The maximum atomic E-state index is 11.3. The average Bonchev–Trinajstić information content (AvgIpc) is 2.90. The molecule has 132 valence electrons. The van der Waals surface area contributed by atoms with Crippen LogP contribution in [0.1, 0.15) is 38.5 Å². The lowest BCUT2D eigenvalue weighted by molar-refractivity contribution is -0.135. The minimum atomic E-state index is -0.843. The molecule has 3 heterocycles. The van der Waals surface area contributed by atoms with Crippen molar-refractivity contribution >= 4 is 17.7 Å². The molecule has 0 radical (unpaired) electrons. The van der Waals surface area contributed by atoms with Crippen LogP contribution in [0.4, 0.5) is 11.8 Å². The number of aliphatic carboxylic acids is 1. The third kappa shape index (κ3) is 4.35. The predicted molar refractivity (Wildman–Crippen MR) is 93.6 cm³/mol. The first-order valence-electron chi connectivity index (χ1n) is 9.01. The van der Waals surface area contributed by atoms with Crippen LogP contribution < -0.4 is 15.1 Å². The molecule has 2 N–H and O–H groups in total. The largest absolute Gasteiger partial charge is 0.480 e. The number of piperidine rings is 1. The Kier molecular flexibility index (Phi) is 5.85. The quantitative estimate of drug-likeness (QED) is 0.845. The van der Waals surface area contributed by atoms with Crippen molar-refractivity contribution in [1.82, 2.24) is 15.3 Å². The molecular weight excluding hydrogens is 306 g/mol.